The van der Waals surface area contributed by atoms with Gasteiger partial charge in [-0.1, -0.05) is 11.8 Å². The molecule has 0 unspecified atom stereocenters. The summed E-state index contributed by atoms with van der Waals surface area (Å²) in [5.74, 6) is 1.04. The van der Waals surface area contributed by atoms with Gasteiger partial charge in [0.05, 0.1) is 17.3 Å². The minimum atomic E-state index is 0.0275. The second-order valence-corrected chi connectivity index (χ2v) is 5.17. The minimum absolute atomic E-state index is 0.0275. The second kappa shape index (κ2) is 6.01. The van der Waals surface area contributed by atoms with E-state index in [1.807, 2.05) is 0 Å². The molecule has 18 heavy (non-hydrogen) atoms. The maximum atomic E-state index is 11.9. The Labute approximate surface area is 116 Å². The highest BCUT2D eigenvalue weighted by atomic mass is 79.9. The Morgan fingerprint density at radius 3 is 3.00 bits per heavy atom. The number of aromatic nitrogens is 3. The lowest BCUT2D eigenvalue weighted by Crippen LogP contribution is -2.03. The van der Waals surface area contributed by atoms with Gasteiger partial charge in [0.25, 0.3) is 0 Å². The number of hydrogen-bond acceptors (Lipinski definition) is 5. The molecule has 0 atom stereocenters. The summed E-state index contributed by atoms with van der Waals surface area (Å²) in [6, 6.07) is 5.26. The summed E-state index contributed by atoms with van der Waals surface area (Å²) in [6.45, 7) is 0. The topological polar surface area (TPSA) is 67.9 Å². The molecule has 0 amide bonds. The van der Waals surface area contributed by atoms with Crippen molar-refractivity contribution in [1.82, 2.24) is 15.2 Å². The number of carbonyl (C=O) groups excluding carboxylic acids is 1. The molecule has 1 heterocycles. The second-order valence-electron chi connectivity index (χ2n) is 3.35. The van der Waals surface area contributed by atoms with E-state index in [2.05, 4.69) is 31.1 Å². The monoisotopic (exact) mass is 327 g/mol. The van der Waals surface area contributed by atoms with Crippen molar-refractivity contribution in [2.75, 3.05) is 12.9 Å². The number of benzene rings is 1. The van der Waals surface area contributed by atoms with Crippen LogP contribution in [0.4, 0.5) is 0 Å². The zero-order valence-electron chi connectivity index (χ0n) is 9.51. The molecule has 2 rings (SSSR count). The number of hydrogen-bond donors (Lipinski definition) is 1. The van der Waals surface area contributed by atoms with Crippen molar-refractivity contribution in [1.29, 1.82) is 0 Å². The van der Waals surface area contributed by atoms with Crippen LogP contribution in [0.1, 0.15) is 10.4 Å². The third-order valence-corrected chi connectivity index (χ3v) is 3.70. The molecule has 5 nitrogen and oxygen atoms in total. The summed E-state index contributed by atoms with van der Waals surface area (Å²) in [7, 11) is 1.58. The number of ether oxygens (including phenoxy) is 1. The SMILES string of the molecule is COc1ccc(C(=O)CSc2ncn[nH]2)cc1Br. The van der Waals surface area contributed by atoms with Gasteiger partial charge >= 0.3 is 0 Å². The minimum Gasteiger partial charge on any atom is -0.496 e. The van der Waals surface area contributed by atoms with E-state index in [1.54, 1.807) is 25.3 Å². The zero-order chi connectivity index (χ0) is 13.0. The lowest BCUT2D eigenvalue weighted by atomic mass is 10.1. The van der Waals surface area contributed by atoms with E-state index in [0.717, 1.165) is 4.47 Å². The summed E-state index contributed by atoms with van der Waals surface area (Å²) in [5, 5.41) is 7.05. The molecule has 1 aromatic heterocycles. The number of ketones is 1. The first kappa shape index (κ1) is 13.1. The van der Waals surface area contributed by atoms with E-state index in [9.17, 15) is 4.79 Å². The molecule has 7 heteroatoms. The molecule has 1 N–H and O–H groups in total. The summed E-state index contributed by atoms with van der Waals surface area (Å²) < 4.78 is 5.88. The number of aromatic amines is 1. The highest BCUT2D eigenvalue weighted by Crippen LogP contribution is 2.26. The highest BCUT2D eigenvalue weighted by molar-refractivity contribution is 9.10. The number of H-pyrrole nitrogens is 1. The van der Waals surface area contributed by atoms with Crippen molar-refractivity contribution >= 4 is 33.5 Å². The van der Waals surface area contributed by atoms with Crippen molar-refractivity contribution in [2.45, 2.75) is 5.16 Å². The molecule has 0 aliphatic rings. The van der Waals surface area contributed by atoms with Gasteiger partial charge in [-0.3, -0.25) is 9.89 Å². The van der Waals surface area contributed by atoms with E-state index in [4.69, 9.17) is 4.74 Å². The number of nitrogens with zero attached hydrogens (tertiary/aromatic N) is 2. The van der Waals surface area contributed by atoms with Gasteiger partial charge in [0.1, 0.15) is 12.1 Å². The summed E-state index contributed by atoms with van der Waals surface area (Å²) in [5.41, 5.74) is 0.634. The average molecular weight is 328 g/mol. The van der Waals surface area contributed by atoms with Crippen LogP contribution in [0.2, 0.25) is 0 Å². The van der Waals surface area contributed by atoms with Crippen LogP contribution in [0.5, 0.6) is 5.75 Å². The van der Waals surface area contributed by atoms with Gasteiger partial charge in [0, 0.05) is 5.56 Å². The zero-order valence-corrected chi connectivity index (χ0v) is 11.9. The van der Waals surface area contributed by atoms with Crippen LogP contribution in [0, 0.1) is 0 Å². The summed E-state index contributed by atoms with van der Waals surface area (Å²) in [4.78, 5) is 15.9. The van der Waals surface area contributed by atoms with Gasteiger partial charge in [-0.2, -0.15) is 5.10 Å². The van der Waals surface area contributed by atoms with Crippen molar-refractivity contribution in [3.8, 4) is 5.75 Å². The fraction of sp³-hybridized carbons (Fsp3) is 0.182. The molecule has 0 radical (unpaired) electrons. The molecule has 94 valence electrons. The Bertz CT molecular complexity index is 545. The van der Waals surface area contributed by atoms with Gasteiger partial charge < -0.3 is 4.74 Å². The average Bonchev–Trinajstić information content (AvgIpc) is 2.89. The first-order valence-electron chi connectivity index (χ1n) is 5.05. The molecule has 0 spiro atoms. The van der Waals surface area contributed by atoms with Crippen molar-refractivity contribution in [3.05, 3.63) is 34.6 Å². The summed E-state index contributed by atoms with van der Waals surface area (Å²) in [6.07, 6.45) is 1.41. The fourth-order valence-corrected chi connectivity index (χ4v) is 2.53. The van der Waals surface area contributed by atoms with Gasteiger partial charge in [0.15, 0.2) is 10.9 Å². The van der Waals surface area contributed by atoms with E-state index < -0.39 is 0 Å². The Kier molecular flexibility index (Phi) is 4.38. The molecule has 0 aliphatic heterocycles. The van der Waals surface area contributed by atoms with Crippen LogP contribution in [0.15, 0.2) is 34.2 Å². The van der Waals surface area contributed by atoms with E-state index >= 15 is 0 Å². The molecule has 0 saturated carbocycles. The van der Waals surface area contributed by atoms with Crippen LogP contribution in [0.25, 0.3) is 0 Å². The number of rotatable bonds is 5. The van der Waals surface area contributed by atoms with Gasteiger partial charge in [0.2, 0.25) is 0 Å². The molecular weight excluding hydrogens is 318 g/mol. The Balaban J connectivity index is 2.02. The molecule has 0 bridgehead atoms. The first-order chi connectivity index (χ1) is 8.70. The molecule has 0 saturated heterocycles. The van der Waals surface area contributed by atoms with Crippen LogP contribution >= 0.6 is 27.7 Å². The maximum absolute atomic E-state index is 11.9. The van der Waals surface area contributed by atoms with Crippen molar-refractivity contribution in [2.24, 2.45) is 0 Å². The smallest absolute Gasteiger partial charge is 0.183 e. The van der Waals surface area contributed by atoms with Crippen LogP contribution in [0.3, 0.4) is 0 Å². The van der Waals surface area contributed by atoms with Crippen LogP contribution in [-0.4, -0.2) is 33.8 Å². The fourth-order valence-electron chi connectivity index (χ4n) is 1.32. The normalized spacial score (nSPS) is 10.3. The molecule has 1 aromatic carbocycles. The molecule has 0 aliphatic carbocycles. The van der Waals surface area contributed by atoms with E-state index in [1.165, 1.54) is 18.1 Å². The summed E-state index contributed by atoms with van der Waals surface area (Å²) >= 11 is 4.67. The highest BCUT2D eigenvalue weighted by Gasteiger charge is 2.10. The van der Waals surface area contributed by atoms with Crippen LogP contribution < -0.4 is 4.74 Å². The lowest BCUT2D eigenvalue weighted by Gasteiger charge is -2.05. The number of Topliss-reactive ketones (excluding diaryl/α,β-unsaturated/α-hetero) is 1. The van der Waals surface area contributed by atoms with Crippen molar-refractivity contribution < 1.29 is 9.53 Å². The van der Waals surface area contributed by atoms with Crippen LogP contribution in [-0.2, 0) is 0 Å². The number of thioether (sulfide) groups is 1. The number of methoxy groups -OCH3 is 1. The standard InChI is InChI=1S/C11H10BrN3O2S/c1-17-10-3-2-7(4-8(10)12)9(16)5-18-11-13-6-14-15-11/h2-4,6H,5H2,1H3,(H,13,14,15). The first-order valence-corrected chi connectivity index (χ1v) is 6.83. The van der Waals surface area contributed by atoms with Gasteiger partial charge in [-0.05, 0) is 34.1 Å². The van der Waals surface area contributed by atoms with Gasteiger partial charge in [-0.25, -0.2) is 4.98 Å². The predicted molar refractivity (Wildman–Crippen MR) is 72.1 cm³/mol. The quantitative estimate of drug-likeness (QED) is 0.675. The largest absolute Gasteiger partial charge is 0.496 e. The maximum Gasteiger partial charge on any atom is 0.183 e. The Morgan fingerprint density at radius 2 is 2.39 bits per heavy atom. The lowest BCUT2D eigenvalue weighted by molar-refractivity contribution is 0.102. The number of nitrogens with one attached hydrogen (secondary N) is 1. The molecule has 0 fully saturated rings. The Hall–Kier alpha value is -1.34. The number of halogens is 1. The molecule has 2 aromatic rings. The van der Waals surface area contributed by atoms with Crippen molar-refractivity contribution in [3.63, 3.8) is 0 Å². The third-order valence-electron chi connectivity index (χ3n) is 2.21. The van der Waals surface area contributed by atoms with Gasteiger partial charge in [-0.15, -0.1) is 0 Å². The van der Waals surface area contributed by atoms with E-state index in [0.29, 0.717) is 22.2 Å². The molecular formula is C11H10BrN3O2S. The Morgan fingerprint density at radius 1 is 1.56 bits per heavy atom. The predicted octanol–water partition coefficient (Wildman–Crippen LogP) is 2.55. The number of carbonyl (C=O) groups is 1. The van der Waals surface area contributed by atoms with E-state index in [-0.39, 0.29) is 5.78 Å². The third kappa shape index (κ3) is 3.11.